The minimum absolute atomic E-state index is 0.155. The summed E-state index contributed by atoms with van der Waals surface area (Å²) in [7, 11) is 0. The first kappa shape index (κ1) is 15.3. The molecule has 0 radical (unpaired) electrons. The van der Waals surface area contributed by atoms with Crippen molar-refractivity contribution in [1.29, 1.82) is 0 Å². The SMILES string of the molecule is C=C[C@@H](O)[C@H](O)C/C=C/C=C(/C=C/C)C(=O)O. The topological polar surface area (TPSA) is 77.8 Å². The Labute approximate surface area is 101 Å². The van der Waals surface area contributed by atoms with Gasteiger partial charge < -0.3 is 15.3 Å². The molecule has 17 heavy (non-hydrogen) atoms. The fourth-order valence-corrected chi connectivity index (χ4v) is 1.06. The number of hydrogen-bond acceptors (Lipinski definition) is 3. The number of aliphatic carboxylic acids is 1. The van der Waals surface area contributed by atoms with E-state index in [2.05, 4.69) is 6.58 Å². The van der Waals surface area contributed by atoms with Crippen molar-refractivity contribution < 1.29 is 20.1 Å². The molecule has 94 valence electrons. The molecule has 0 heterocycles. The van der Waals surface area contributed by atoms with Crippen molar-refractivity contribution in [1.82, 2.24) is 0 Å². The highest BCUT2D eigenvalue weighted by Gasteiger charge is 2.09. The minimum atomic E-state index is -1.01. The Morgan fingerprint density at radius 1 is 1.41 bits per heavy atom. The van der Waals surface area contributed by atoms with E-state index in [1.807, 2.05) is 0 Å². The number of allylic oxidation sites excluding steroid dienone is 3. The van der Waals surface area contributed by atoms with E-state index in [-0.39, 0.29) is 12.0 Å². The maximum absolute atomic E-state index is 10.7. The lowest BCUT2D eigenvalue weighted by atomic mass is 10.1. The van der Waals surface area contributed by atoms with Gasteiger partial charge in [-0.25, -0.2) is 4.79 Å². The van der Waals surface area contributed by atoms with Gasteiger partial charge in [-0.2, -0.15) is 0 Å². The molecule has 0 aliphatic heterocycles. The average Bonchev–Trinajstić information content (AvgIpc) is 2.31. The van der Waals surface area contributed by atoms with Gasteiger partial charge in [-0.05, 0) is 19.4 Å². The largest absolute Gasteiger partial charge is 0.478 e. The molecule has 0 aliphatic rings. The molecule has 4 nitrogen and oxygen atoms in total. The van der Waals surface area contributed by atoms with Crippen LogP contribution in [0.5, 0.6) is 0 Å². The molecule has 0 unspecified atom stereocenters. The molecule has 0 rings (SSSR count). The molecule has 0 fully saturated rings. The van der Waals surface area contributed by atoms with E-state index in [0.717, 1.165) is 0 Å². The van der Waals surface area contributed by atoms with Crippen molar-refractivity contribution in [2.45, 2.75) is 25.6 Å². The maximum atomic E-state index is 10.7. The molecule has 0 saturated carbocycles. The third-order valence-corrected chi connectivity index (χ3v) is 2.02. The monoisotopic (exact) mass is 238 g/mol. The van der Waals surface area contributed by atoms with Crippen LogP contribution in [0.25, 0.3) is 0 Å². The first-order valence-electron chi connectivity index (χ1n) is 5.24. The van der Waals surface area contributed by atoms with Crippen molar-refractivity contribution in [3.8, 4) is 0 Å². The lowest BCUT2D eigenvalue weighted by molar-refractivity contribution is -0.132. The average molecular weight is 238 g/mol. The summed E-state index contributed by atoms with van der Waals surface area (Å²) in [5, 5.41) is 27.3. The Morgan fingerprint density at radius 3 is 2.53 bits per heavy atom. The summed E-state index contributed by atoms with van der Waals surface area (Å²) < 4.78 is 0. The van der Waals surface area contributed by atoms with Gasteiger partial charge in [-0.15, -0.1) is 6.58 Å². The predicted molar refractivity (Wildman–Crippen MR) is 66.5 cm³/mol. The lowest BCUT2D eigenvalue weighted by Gasteiger charge is -2.10. The highest BCUT2D eigenvalue weighted by molar-refractivity contribution is 5.90. The molecule has 0 aliphatic carbocycles. The van der Waals surface area contributed by atoms with Crippen LogP contribution in [0.4, 0.5) is 0 Å². The van der Waals surface area contributed by atoms with E-state index in [1.165, 1.54) is 24.3 Å². The van der Waals surface area contributed by atoms with Crippen LogP contribution in [0.3, 0.4) is 0 Å². The zero-order valence-electron chi connectivity index (χ0n) is 9.78. The molecule has 3 N–H and O–H groups in total. The molecular formula is C13H18O4. The third kappa shape index (κ3) is 6.50. The molecule has 4 heteroatoms. The molecule has 0 aromatic carbocycles. The zero-order valence-corrected chi connectivity index (χ0v) is 9.78. The van der Waals surface area contributed by atoms with Crippen LogP contribution >= 0.6 is 0 Å². The second-order valence-electron chi connectivity index (χ2n) is 3.38. The van der Waals surface area contributed by atoms with Gasteiger partial charge >= 0.3 is 5.97 Å². The van der Waals surface area contributed by atoms with Gasteiger partial charge in [0.05, 0.1) is 17.8 Å². The van der Waals surface area contributed by atoms with Crippen LogP contribution in [0.2, 0.25) is 0 Å². The van der Waals surface area contributed by atoms with Crippen LogP contribution < -0.4 is 0 Å². The Kier molecular flexibility index (Phi) is 7.67. The van der Waals surface area contributed by atoms with Gasteiger partial charge in [-0.3, -0.25) is 0 Å². The number of aliphatic hydroxyl groups is 2. The fourth-order valence-electron chi connectivity index (χ4n) is 1.06. The number of hydrogen-bond donors (Lipinski definition) is 3. The number of carboxylic acids is 1. The van der Waals surface area contributed by atoms with E-state index >= 15 is 0 Å². The summed E-state index contributed by atoms with van der Waals surface area (Å²) >= 11 is 0. The van der Waals surface area contributed by atoms with Crippen molar-refractivity contribution in [3.05, 3.63) is 48.6 Å². The highest BCUT2D eigenvalue weighted by Crippen LogP contribution is 2.03. The van der Waals surface area contributed by atoms with Gasteiger partial charge in [-0.1, -0.05) is 30.4 Å². The molecule has 0 aromatic heterocycles. The lowest BCUT2D eigenvalue weighted by Crippen LogP contribution is -2.22. The van der Waals surface area contributed by atoms with Gasteiger partial charge in [0.15, 0.2) is 0 Å². The van der Waals surface area contributed by atoms with Crippen LogP contribution in [-0.4, -0.2) is 33.5 Å². The third-order valence-electron chi connectivity index (χ3n) is 2.02. The van der Waals surface area contributed by atoms with Crippen LogP contribution in [-0.2, 0) is 4.79 Å². The quantitative estimate of drug-likeness (QED) is 0.356. The molecule has 0 bridgehead atoms. The molecule has 0 spiro atoms. The zero-order chi connectivity index (χ0) is 13.3. The van der Waals surface area contributed by atoms with Crippen molar-refractivity contribution in [2.75, 3.05) is 0 Å². The number of aliphatic hydroxyl groups excluding tert-OH is 2. The van der Waals surface area contributed by atoms with E-state index < -0.39 is 18.2 Å². The molecular weight excluding hydrogens is 220 g/mol. The summed E-state index contributed by atoms with van der Waals surface area (Å²) in [6, 6.07) is 0. The second kappa shape index (κ2) is 8.50. The molecule has 0 saturated heterocycles. The number of carboxylic acid groups (broad SMARTS) is 1. The maximum Gasteiger partial charge on any atom is 0.335 e. The summed E-state index contributed by atoms with van der Waals surface area (Å²) in [6.07, 6.45) is 7.22. The Balaban J connectivity index is 4.38. The van der Waals surface area contributed by atoms with E-state index in [4.69, 9.17) is 5.11 Å². The number of rotatable bonds is 7. The first-order valence-corrected chi connectivity index (χ1v) is 5.24. The van der Waals surface area contributed by atoms with Gasteiger partial charge in [0.2, 0.25) is 0 Å². The van der Waals surface area contributed by atoms with Crippen molar-refractivity contribution in [2.24, 2.45) is 0 Å². The predicted octanol–water partition coefficient (Wildman–Crippen LogP) is 1.43. The molecule has 2 atom stereocenters. The van der Waals surface area contributed by atoms with Gasteiger partial charge in [0.1, 0.15) is 0 Å². The minimum Gasteiger partial charge on any atom is -0.478 e. The summed E-state index contributed by atoms with van der Waals surface area (Å²) in [5.41, 5.74) is 0.155. The summed E-state index contributed by atoms with van der Waals surface area (Å²) in [4.78, 5) is 10.7. The fraction of sp³-hybridized carbons (Fsp3) is 0.308. The van der Waals surface area contributed by atoms with Crippen LogP contribution in [0.15, 0.2) is 48.6 Å². The summed E-state index contributed by atoms with van der Waals surface area (Å²) in [5.74, 6) is -1.01. The Hall–Kier alpha value is -1.65. The highest BCUT2D eigenvalue weighted by atomic mass is 16.4. The van der Waals surface area contributed by atoms with Crippen LogP contribution in [0, 0.1) is 0 Å². The Morgan fingerprint density at radius 2 is 2.06 bits per heavy atom. The van der Waals surface area contributed by atoms with Gasteiger partial charge in [0, 0.05) is 0 Å². The smallest absolute Gasteiger partial charge is 0.335 e. The standard InChI is InChI=1S/C13H18O4/c1-3-7-10(13(16)17)8-5-6-9-12(15)11(14)4-2/h3-8,11-12,14-15H,2,9H2,1H3,(H,16,17)/b6-5+,7-3+,10-8-/t11-,12-/m1/s1. The van der Waals surface area contributed by atoms with Crippen molar-refractivity contribution >= 4 is 5.97 Å². The van der Waals surface area contributed by atoms with E-state index in [9.17, 15) is 15.0 Å². The van der Waals surface area contributed by atoms with Gasteiger partial charge in [0.25, 0.3) is 0 Å². The van der Waals surface area contributed by atoms with E-state index in [0.29, 0.717) is 0 Å². The van der Waals surface area contributed by atoms with Crippen molar-refractivity contribution in [3.63, 3.8) is 0 Å². The normalized spacial score (nSPS) is 16.3. The first-order chi connectivity index (χ1) is 8.02. The van der Waals surface area contributed by atoms with E-state index in [1.54, 1.807) is 19.1 Å². The second-order valence-corrected chi connectivity index (χ2v) is 3.38. The number of carbonyl (C=O) groups is 1. The molecule has 0 amide bonds. The summed E-state index contributed by atoms with van der Waals surface area (Å²) in [6.45, 7) is 5.08. The molecule has 0 aromatic rings. The Bertz CT molecular complexity index is 339. The van der Waals surface area contributed by atoms with Crippen LogP contribution in [0.1, 0.15) is 13.3 Å².